The molecule has 0 aromatic heterocycles. The molecule has 4 saturated heterocycles. The van der Waals surface area contributed by atoms with E-state index >= 15 is 4.39 Å². The Hall–Kier alpha value is -7.14. The smallest absolute Gasteiger partial charge is 0.414 e. The number of carbonyl (C=O) groups is 5. The van der Waals surface area contributed by atoms with Crippen LogP contribution in [0.4, 0.5) is 45.9 Å². The maximum atomic E-state index is 15.2. The normalized spacial score (nSPS) is 17.5. The summed E-state index contributed by atoms with van der Waals surface area (Å²) in [6.45, 7) is 11.4. The van der Waals surface area contributed by atoms with E-state index in [9.17, 15) is 28.4 Å². The number of anilines is 4. The molecule has 4 aliphatic heterocycles. The van der Waals surface area contributed by atoms with Gasteiger partial charge in [-0.15, -0.1) is 12.4 Å². The zero-order valence-corrected chi connectivity index (χ0v) is 46.3. The van der Waals surface area contributed by atoms with Crippen molar-refractivity contribution in [3.63, 3.8) is 0 Å². The van der Waals surface area contributed by atoms with Crippen LogP contribution in [0.2, 0.25) is 0 Å². The highest BCUT2D eigenvalue weighted by Gasteiger charge is 2.35. The molecule has 4 aromatic rings. The van der Waals surface area contributed by atoms with Gasteiger partial charge in [0.05, 0.1) is 42.4 Å². The van der Waals surface area contributed by atoms with E-state index in [0.717, 1.165) is 18.7 Å². The molecule has 4 aliphatic rings. The Kier molecular flexibility index (Phi) is 21.1. The second kappa shape index (κ2) is 27.4. The maximum Gasteiger partial charge on any atom is 0.414 e. The first kappa shape index (κ1) is 60.1. The van der Waals surface area contributed by atoms with E-state index in [1.807, 2.05) is 86.5 Å². The highest BCUT2D eigenvalue weighted by atomic mass is 35.5. The van der Waals surface area contributed by atoms with Crippen molar-refractivity contribution in [1.29, 1.82) is 0 Å². The van der Waals surface area contributed by atoms with Gasteiger partial charge in [-0.1, -0.05) is 24.3 Å². The van der Waals surface area contributed by atoms with Crippen molar-refractivity contribution in [1.82, 2.24) is 24.9 Å². The Bertz CT molecular complexity index is 2670. The molecule has 4 heterocycles. The van der Waals surface area contributed by atoms with Gasteiger partial charge >= 0.3 is 18.3 Å². The van der Waals surface area contributed by atoms with Crippen molar-refractivity contribution in [3.8, 4) is 11.5 Å². The van der Waals surface area contributed by atoms with Gasteiger partial charge in [0.25, 0.3) is 11.8 Å². The van der Waals surface area contributed by atoms with Crippen molar-refractivity contribution < 1.29 is 56.4 Å². The van der Waals surface area contributed by atoms with Gasteiger partial charge in [-0.2, -0.15) is 0 Å². The number of halogens is 3. The topological polar surface area (TPSA) is 195 Å². The van der Waals surface area contributed by atoms with Crippen molar-refractivity contribution in [2.45, 2.75) is 51.7 Å². The predicted octanol–water partition coefficient (Wildman–Crippen LogP) is 5.79. The van der Waals surface area contributed by atoms with Crippen LogP contribution in [0, 0.1) is 11.6 Å². The number of nitrogens with one attached hydrogen (secondary N) is 1. The Morgan fingerprint density at radius 1 is 0.628 bits per heavy atom. The van der Waals surface area contributed by atoms with Gasteiger partial charge in [0.2, 0.25) is 0 Å². The minimum atomic E-state index is -0.641. The van der Waals surface area contributed by atoms with Gasteiger partial charge in [-0.05, 0) is 121 Å². The molecule has 8 rings (SSSR count). The van der Waals surface area contributed by atoms with E-state index in [4.69, 9.17) is 29.4 Å². The maximum absolute atomic E-state index is 15.2. The molecule has 0 spiro atoms. The molecule has 3 N–H and O–H groups in total. The number of carbonyl (C=O) groups excluding carboxylic acids is 5. The number of nitrogens with two attached hydrogens (primary N) is 1. The monoisotopic (exact) mass is 1110 g/mol. The quantitative estimate of drug-likeness (QED) is 0.121. The SMILES string of the molecule is CN(C)Cc1ccc(OCC(=O)N2CCN(c3ccc(N4C[C@H](CN)OC4=O)cc3F)CC2)cc1.CN(C)Cc1ccc(OCC(=O)N2CCN(c3ccc(N4C[C@H](CNC(=O)OC(C)(C)C)OC4=O)cc3F)CC2)cc1.Cl. The third kappa shape index (κ3) is 16.9. The van der Waals surface area contributed by atoms with E-state index in [1.54, 1.807) is 54.8 Å². The number of benzene rings is 4. The Balaban J connectivity index is 0.000000253. The summed E-state index contributed by atoms with van der Waals surface area (Å²) in [7, 11) is 8.03. The van der Waals surface area contributed by atoms with E-state index in [0.29, 0.717) is 93.2 Å². The molecule has 424 valence electrons. The van der Waals surface area contributed by atoms with Crippen molar-refractivity contribution in [2.75, 3.05) is 140 Å². The minimum absolute atomic E-state index is 0. The van der Waals surface area contributed by atoms with Gasteiger partial charge in [-0.25, -0.2) is 23.2 Å². The standard InChI is InChI=1S/C30H40FN5O6.C25H32FN5O4.ClH/c1-30(2,3)42-28(38)32-17-24-19-36(29(39)41-24)22-8-11-26(25(31)16-22)34-12-14-35(15-13-34)27(37)20-40-23-9-6-21(7-10-23)18-33(4)5;1-28(2)15-18-3-6-20(7-4-18)34-17-24(32)30-11-9-29(10-12-30)23-8-5-19(13-22(23)26)31-16-21(14-27)35-25(31)33;/h6-11,16,24H,12-15,17-20H2,1-5H3,(H,32,38);3-8,13,21H,9-12,14-17,27H2,1-2H3;1H/t24-;21-;/m00./s1. The molecule has 23 heteroatoms. The lowest BCUT2D eigenvalue weighted by Gasteiger charge is -2.36. The molecule has 4 fully saturated rings. The molecule has 0 bridgehead atoms. The molecule has 4 aromatic carbocycles. The largest absolute Gasteiger partial charge is 0.484 e. The number of amides is 5. The first-order valence-corrected chi connectivity index (χ1v) is 25.7. The van der Waals surface area contributed by atoms with Gasteiger partial charge in [0.1, 0.15) is 40.9 Å². The van der Waals surface area contributed by atoms with Crippen molar-refractivity contribution in [3.05, 3.63) is 108 Å². The Morgan fingerprint density at radius 2 is 1.03 bits per heavy atom. The second-order valence-corrected chi connectivity index (χ2v) is 20.7. The third-order valence-electron chi connectivity index (χ3n) is 12.9. The zero-order valence-electron chi connectivity index (χ0n) is 45.5. The molecule has 20 nitrogen and oxygen atoms in total. The fraction of sp³-hybridized carbons (Fsp3) is 0.473. The average Bonchev–Trinajstić information content (AvgIpc) is 3.97. The lowest BCUT2D eigenvalue weighted by Crippen LogP contribution is -2.50. The van der Waals surface area contributed by atoms with Crippen LogP contribution < -0.4 is 40.1 Å². The van der Waals surface area contributed by atoms with Crippen molar-refractivity contribution >= 4 is 65.3 Å². The Labute approximate surface area is 461 Å². The summed E-state index contributed by atoms with van der Waals surface area (Å²) in [4.78, 5) is 75.8. The first-order chi connectivity index (χ1) is 36.7. The summed E-state index contributed by atoms with van der Waals surface area (Å²) in [5.41, 5.74) is 8.90. The second-order valence-electron chi connectivity index (χ2n) is 20.7. The highest BCUT2D eigenvalue weighted by molar-refractivity contribution is 5.91. The summed E-state index contributed by atoms with van der Waals surface area (Å²) in [6.07, 6.45) is -2.72. The van der Waals surface area contributed by atoms with Crippen LogP contribution in [-0.2, 0) is 36.9 Å². The lowest BCUT2D eigenvalue weighted by molar-refractivity contribution is -0.134. The van der Waals surface area contributed by atoms with Crippen molar-refractivity contribution in [2.24, 2.45) is 5.73 Å². The van der Waals surface area contributed by atoms with Gasteiger partial charge < -0.3 is 64.1 Å². The van der Waals surface area contributed by atoms with Gasteiger partial charge in [0, 0.05) is 72.0 Å². The minimum Gasteiger partial charge on any atom is -0.484 e. The fourth-order valence-electron chi connectivity index (χ4n) is 9.02. The van der Waals surface area contributed by atoms with Crippen LogP contribution in [0.1, 0.15) is 31.9 Å². The van der Waals surface area contributed by atoms with Crippen LogP contribution in [0.5, 0.6) is 11.5 Å². The number of hydrogen-bond acceptors (Lipinski definition) is 15. The van der Waals surface area contributed by atoms with Crippen LogP contribution in [0.25, 0.3) is 0 Å². The number of alkyl carbamates (subject to hydrolysis) is 1. The van der Waals surface area contributed by atoms with Crippen LogP contribution in [0.15, 0.2) is 84.9 Å². The number of nitrogens with zero attached hydrogens (tertiary/aromatic N) is 8. The fourth-order valence-corrected chi connectivity index (χ4v) is 9.02. The van der Waals surface area contributed by atoms with E-state index in [1.165, 1.54) is 27.5 Å². The number of ether oxygens (including phenoxy) is 5. The molecule has 0 saturated carbocycles. The summed E-state index contributed by atoms with van der Waals surface area (Å²) >= 11 is 0. The van der Waals surface area contributed by atoms with Gasteiger partial charge in [-0.3, -0.25) is 19.4 Å². The summed E-state index contributed by atoms with van der Waals surface area (Å²) in [6, 6.07) is 24.7. The number of piperazine rings is 2. The van der Waals surface area contributed by atoms with Crippen LogP contribution in [-0.4, -0.2) is 187 Å². The van der Waals surface area contributed by atoms with E-state index in [-0.39, 0.29) is 63.2 Å². The zero-order chi connectivity index (χ0) is 55.4. The molecule has 78 heavy (non-hydrogen) atoms. The summed E-state index contributed by atoms with van der Waals surface area (Å²) in [5.74, 6) is 0.176. The molecule has 2 atom stereocenters. The average molecular weight is 1110 g/mol. The highest BCUT2D eigenvalue weighted by Crippen LogP contribution is 2.31. The Morgan fingerprint density at radius 3 is 1.38 bits per heavy atom. The molecule has 5 amide bonds. The van der Waals surface area contributed by atoms with Crippen LogP contribution >= 0.6 is 12.4 Å². The van der Waals surface area contributed by atoms with E-state index < -0.39 is 41.6 Å². The lowest BCUT2D eigenvalue weighted by atomic mass is 10.2. The summed E-state index contributed by atoms with van der Waals surface area (Å²) < 4.78 is 57.1. The molecule has 0 radical (unpaired) electrons. The third-order valence-corrected chi connectivity index (χ3v) is 12.9. The molecular formula is C55H73ClF2N10O10. The van der Waals surface area contributed by atoms with Crippen LogP contribution in [0.3, 0.4) is 0 Å². The molecule has 0 unspecified atom stereocenters. The van der Waals surface area contributed by atoms with Gasteiger partial charge in [0.15, 0.2) is 13.2 Å². The summed E-state index contributed by atoms with van der Waals surface area (Å²) in [5, 5.41) is 2.59. The molecule has 0 aliphatic carbocycles. The number of cyclic esters (lactones) is 2. The molecular weight excluding hydrogens is 1030 g/mol. The predicted molar refractivity (Wildman–Crippen MR) is 295 cm³/mol. The number of rotatable bonds is 17. The first-order valence-electron chi connectivity index (χ1n) is 25.7. The number of hydrogen-bond donors (Lipinski definition) is 2. The van der Waals surface area contributed by atoms with E-state index in [2.05, 4.69) is 15.1 Å².